The normalized spacial score (nSPS) is 10.2. The predicted octanol–water partition coefficient (Wildman–Crippen LogP) is 1.01. The van der Waals surface area contributed by atoms with Crippen LogP contribution in [0.4, 0.5) is 5.82 Å². The van der Waals surface area contributed by atoms with Crippen LogP contribution < -0.4 is 10.5 Å². The van der Waals surface area contributed by atoms with Gasteiger partial charge in [0.1, 0.15) is 17.1 Å². The molecule has 0 amide bonds. The molecule has 6 heteroatoms. The lowest BCUT2D eigenvalue weighted by Crippen LogP contribution is -2.10. The third-order valence-corrected chi connectivity index (χ3v) is 2.31. The molecule has 2 aromatic rings. The summed E-state index contributed by atoms with van der Waals surface area (Å²) < 4.78 is 9.71. The van der Waals surface area contributed by atoms with Gasteiger partial charge >= 0.3 is 5.97 Å². The van der Waals surface area contributed by atoms with Gasteiger partial charge in [0, 0.05) is 5.39 Å². The number of nitrogen functional groups attached to an aromatic ring is 1. The van der Waals surface area contributed by atoms with Gasteiger partial charge in [0.2, 0.25) is 5.82 Å². The zero-order valence-corrected chi connectivity index (χ0v) is 9.43. The summed E-state index contributed by atoms with van der Waals surface area (Å²) in [4.78, 5) is 19.3. The summed E-state index contributed by atoms with van der Waals surface area (Å²) >= 11 is 0. The van der Waals surface area contributed by atoms with Crippen molar-refractivity contribution in [1.29, 1.82) is 0 Å². The van der Waals surface area contributed by atoms with Crippen molar-refractivity contribution < 1.29 is 14.3 Å². The molecule has 0 radical (unpaired) electrons. The van der Waals surface area contributed by atoms with E-state index in [1.54, 1.807) is 18.2 Å². The first kappa shape index (κ1) is 11.1. The highest BCUT2D eigenvalue weighted by molar-refractivity contribution is 5.96. The maximum absolute atomic E-state index is 11.4. The van der Waals surface area contributed by atoms with Gasteiger partial charge in [0.15, 0.2) is 0 Å². The minimum atomic E-state index is -0.635. The quantitative estimate of drug-likeness (QED) is 0.779. The van der Waals surface area contributed by atoms with Crippen LogP contribution in [0, 0.1) is 0 Å². The molecule has 6 nitrogen and oxygen atoms in total. The fourth-order valence-electron chi connectivity index (χ4n) is 1.50. The molecule has 0 saturated carbocycles. The number of nitrogens with zero attached hydrogens (tertiary/aromatic N) is 2. The average molecular weight is 233 g/mol. The zero-order valence-electron chi connectivity index (χ0n) is 9.43. The van der Waals surface area contributed by atoms with Gasteiger partial charge in [-0.1, -0.05) is 6.07 Å². The van der Waals surface area contributed by atoms with Gasteiger partial charge in [-0.15, -0.1) is 0 Å². The summed E-state index contributed by atoms with van der Waals surface area (Å²) in [6, 6.07) is 5.27. The Balaban J connectivity index is 2.74. The first-order valence-corrected chi connectivity index (χ1v) is 4.86. The molecule has 0 aliphatic carbocycles. The van der Waals surface area contributed by atoms with Gasteiger partial charge in [-0.2, -0.15) is 0 Å². The Morgan fingerprint density at radius 1 is 1.29 bits per heavy atom. The Morgan fingerprint density at radius 2 is 2.06 bits per heavy atom. The Hall–Kier alpha value is -2.37. The molecule has 1 aromatic carbocycles. The molecule has 0 fully saturated rings. The van der Waals surface area contributed by atoms with Crippen LogP contribution in [0.15, 0.2) is 18.2 Å². The van der Waals surface area contributed by atoms with E-state index in [0.717, 1.165) is 0 Å². The molecule has 88 valence electrons. The Bertz CT molecular complexity index is 583. The molecule has 1 heterocycles. The number of aromatic nitrogens is 2. The maximum atomic E-state index is 11.4. The lowest BCUT2D eigenvalue weighted by atomic mass is 10.2. The molecule has 0 unspecified atom stereocenters. The van der Waals surface area contributed by atoms with Crippen molar-refractivity contribution in [3.8, 4) is 5.75 Å². The van der Waals surface area contributed by atoms with Crippen LogP contribution >= 0.6 is 0 Å². The second-order valence-electron chi connectivity index (χ2n) is 3.28. The first-order chi connectivity index (χ1) is 8.17. The number of rotatable bonds is 2. The minimum absolute atomic E-state index is 0.0815. The summed E-state index contributed by atoms with van der Waals surface area (Å²) in [6.45, 7) is 0. The SMILES string of the molecule is COC(=O)c1nc(N)c2cccc(OC)c2n1. The number of anilines is 1. The Labute approximate surface area is 97.4 Å². The molecule has 1 aromatic heterocycles. The van der Waals surface area contributed by atoms with Crippen LogP contribution in [0.25, 0.3) is 10.9 Å². The number of hydrogen-bond donors (Lipinski definition) is 1. The van der Waals surface area contributed by atoms with Crippen LogP contribution in [-0.2, 0) is 4.74 Å². The van der Waals surface area contributed by atoms with Crippen LogP contribution in [0.1, 0.15) is 10.6 Å². The number of fused-ring (bicyclic) bond motifs is 1. The number of benzene rings is 1. The number of carbonyl (C=O) groups excluding carboxylic acids is 1. The number of para-hydroxylation sites is 1. The van der Waals surface area contributed by atoms with Crippen LogP contribution in [0.3, 0.4) is 0 Å². The van der Waals surface area contributed by atoms with Gasteiger partial charge in [0.25, 0.3) is 0 Å². The second-order valence-corrected chi connectivity index (χ2v) is 3.28. The van der Waals surface area contributed by atoms with Gasteiger partial charge in [-0.3, -0.25) is 0 Å². The molecular formula is C11H11N3O3. The third-order valence-electron chi connectivity index (χ3n) is 2.31. The molecule has 0 atom stereocenters. The first-order valence-electron chi connectivity index (χ1n) is 4.86. The van der Waals surface area contributed by atoms with E-state index in [-0.39, 0.29) is 11.6 Å². The molecule has 17 heavy (non-hydrogen) atoms. The van der Waals surface area contributed by atoms with E-state index in [1.807, 2.05) is 0 Å². The minimum Gasteiger partial charge on any atom is -0.494 e. The maximum Gasteiger partial charge on any atom is 0.376 e. The summed E-state index contributed by atoms with van der Waals surface area (Å²) in [5.41, 5.74) is 6.25. The Kier molecular flexibility index (Phi) is 2.78. The zero-order chi connectivity index (χ0) is 12.4. The molecule has 0 saturated heterocycles. The van der Waals surface area contributed by atoms with E-state index >= 15 is 0 Å². The summed E-state index contributed by atoms with van der Waals surface area (Å²) in [5.74, 6) is 0.0301. The van der Waals surface area contributed by atoms with E-state index < -0.39 is 5.97 Å². The molecular weight excluding hydrogens is 222 g/mol. The van der Waals surface area contributed by atoms with E-state index in [9.17, 15) is 4.79 Å². The van der Waals surface area contributed by atoms with Crippen molar-refractivity contribution in [2.75, 3.05) is 20.0 Å². The van der Waals surface area contributed by atoms with E-state index in [1.165, 1.54) is 14.2 Å². The van der Waals surface area contributed by atoms with Crippen molar-refractivity contribution in [3.05, 3.63) is 24.0 Å². The number of esters is 1. The number of carbonyl (C=O) groups is 1. The highest BCUT2D eigenvalue weighted by Crippen LogP contribution is 2.26. The molecule has 2 N–H and O–H groups in total. The number of ether oxygens (including phenoxy) is 2. The standard InChI is InChI=1S/C11H11N3O3/c1-16-7-5-3-4-6-8(7)13-10(11(15)17-2)14-9(6)12/h3-5H,1-2H3,(H2,12,13,14). The lowest BCUT2D eigenvalue weighted by Gasteiger charge is -2.07. The lowest BCUT2D eigenvalue weighted by molar-refractivity contribution is 0.0587. The summed E-state index contributed by atoms with van der Waals surface area (Å²) in [7, 11) is 2.78. The second kappa shape index (κ2) is 4.25. The predicted molar refractivity (Wildman–Crippen MR) is 61.8 cm³/mol. The van der Waals surface area contributed by atoms with Crippen molar-refractivity contribution in [1.82, 2.24) is 9.97 Å². The highest BCUT2D eigenvalue weighted by Gasteiger charge is 2.14. The van der Waals surface area contributed by atoms with Crippen molar-refractivity contribution in [3.63, 3.8) is 0 Å². The van der Waals surface area contributed by atoms with Crippen molar-refractivity contribution in [2.45, 2.75) is 0 Å². The third kappa shape index (κ3) is 1.84. The van der Waals surface area contributed by atoms with Gasteiger partial charge in [-0.25, -0.2) is 14.8 Å². The van der Waals surface area contributed by atoms with E-state index in [2.05, 4.69) is 14.7 Å². The highest BCUT2D eigenvalue weighted by atomic mass is 16.5. The average Bonchev–Trinajstić information content (AvgIpc) is 2.37. The van der Waals surface area contributed by atoms with E-state index in [4.69, 9.17) is 10.5 Å². The van der Waals surface area contributed by atoms with Crippen LogP contribution in [0.5, 0.6) is 5.75 Å². The summed E-state index contributed by atoms with van der Waals surface area (Å²) in [6.07, 6.45) is 0. The monoisotopic (exact) mass is 233 g/mol. The number of hydrogen-bond acceptors (Lipinski definition) is 6. The van der Waals surface area contributed by atoms with Crippen LogP contribution in [0.2, 0.25) is 0 Å². The summed E-state index contributed by atoms with van der Waals surface area (Å²) in [5, 5.41) is 0.636. The van der Waals surface area contributed by atoms with Crippen molar-refractivity contribution in [2.24, 2.45) is 0 Å². The molecule has 2 rings (SSSR count). The fourth-order valence-corrected chi connectivity index (χ4v) is 1.50. The Morgan fingerprint density at radius 3 is 2.71 bits per heavy atom. The topological polar surface area (TPSA) is 87.3 Å². The number of nitrogens with two attached hydrogens (primary N) is 1. The van der Waals surface area contributed by atoms with Crippen LogP contribution in [-0.4, -0.2) is 30.2 Å². The van der Waals surface area contributed by atoms with Gasteiger partial charge in [-0.05, 0) is 12.1 Å². The van der Waals surface area contributed by atoms with Gasteiger partial charge in [0.05, 0.1) is 14.2 Å². The molecule has 0 aliphatic heterocycles. The van der Waals surface area contributed by atoms with Crippen molar-refractivity contribution >= 4 is 22.7 Å². The fraction of sp³-hybridized carbons (Fsp3) is 0.182. The molecule has 0 aliphatic rings. The molecule has 0 bridgehead atoms. The molecule has 0 spiro atoms. The van der Waals surface area contributed by atoms with E-state index in [0.29, 0.717) is 16.7 Å². The smallest absolute Gasteiger partial charge is 0.376 e. The van der Waals surface area contributed by atoms with Gasteiger partial charge < -0.3 is 15.2 Å². The largest absolute Gasteiger partial charge is 0.494 e. The number of methoxy groups -OCH3 is 2.